The molecule has 0 aromatic heterocycles. The lowest BCUT2D eigenvalue weighted by atomic mass is 10.0. The van der Waals surface area contributed by atoms with Gasteiger partial charge in [0, 0.05) is 13.5 Å². The van der Waals surface area contributed by atoms with Crippen LogP contribution in [0.25, 0.3) is 0 Å². The second-order valence-corrected chi connectivity index (χ2v) is 3.21. The first-order valence-corrected chi connectivity index (χ1v) is 4.84. The van der Waals surface area contributed by atoms with Crippen LogP contribution in [0.4, 0.5) is 0 Å². The van der Waals surface area contributed by atoms with E-state index in [1.54, 1.807) is 13.8 Å². The van der Waals surface area contributed by atoms with Crippen molar-refractivity contribution in [1.82, 2.24) is 0 Å². The van der Waals surface area contributed by atoms with Gasteiger partial charge in [0.15, 0.2) is 5.60 Å². The average molecular weight is 218 g/mol. The Hall–Kier alpha value is -0.940. The summed E-state index contributed by atoms with van der Waals surface area (Å²) in [7, 11) is 1.46. The van der Waals surface area contributed by atoms with Crippen LogP contribution in [0.2, 0.25) is 0 Å². The molecule has 5 nitrogen and oxygen atoms in total. The first kappa shape index (κ1) is 14.1. The number of carbonyl (C=O) groups excluding carboxylic acids is 2. The zero-order valence-electron chi connectivity index (χ0n) is 9.45. The third kappa shape index (κ3) is 4.90. The molecule has 0 bridgehead atoms. The van der Waals surface area contributed by atoms with E-state index >= 15 is 0 Å². The Bertz CT molecular complexity index is 204. The summed E-state index contributed by atoms with van der Waals surface area (Å²) in [5.41, 5.74) is -1.10. The second-order valence-electron chi connectivity index (χ2n) is 3.21. The van der Waals surface area contributed by atoms with E-state index in [9.17, 15) is 9.59 Å². The quantitative estimate of drug-likeness (QED) is 0.344. The van der Waals surface area contributed by atoms with Gasteiger partial charge >= 0.3 is 5.97 Å². The summed E-state index contributed by atoms with van der Waals surface area (Å²) < 4.78 is 14.8. The Kier molecular flexibility index (Phi) is 6.90. The van der Waals surface area contributed by atoms with Gasteiger partial charge in [0.1, 0.15) is 13.1 Å². The molecule has 1 atom stereocenters. The van der Waals surface area contributed by atoms with Crippen LogP contribution in [-0.4, -0.2) is 38.4 Å². The van der Waals surface area contributed by atoms with Crippen LogP contribution in [0, 0.1) is 0 Å². The molecular formula is C10H18O5. The maximum absolute atomic E-state index is 11.6. The fourth-order valence-electron chi connectivity index (χ4n) is 1.04. The van der Waals surface area contributed by atoms with E-state index in [2.05, 4.69) is 0 Å². The molecule has 0 heterocycles. The minimum absolute atomic E-state index is 0.00578. The van der Waals surface area contributed by atoms with Gasteiger partial charge < -0.3 is 19.0 Å². The van der Waals surface area contributed by atoms with E-state index in [1.165, 1.54) is 7.11 Å². The van der Waals surface area contributed by atoms with Crippen LogP contribution in [0.5, 0.6) is 0 Å². The second kappa shape index (κ2) is 7.36. The van der Waals surface area contributed by atoms with Crippen LogP contribution in [0.1, 0.15) is 26.7 Å². The van der Waals surface area contributed by atoms with Crippen LogP contribution >= 0.6 is 0 Å². The number of ether oxygens (including phenoxy) is 3. The van der Waals surface area contributed by atoms with Gasteiger partial charge in [0.25, 0.3) is 0 Å². The summed E-state index contributed by atoms with van der Waals surface area (Å²) in [5, 5.41) is 0. The molecule has 5 heteroatoms. The molecule has 1 unspecified atom stereocenters. The van der Waals surface area contributed by atoms with Gasteiger partial charge in [-0.25, -0.2) is 4.79 Å². The molecule has 0 aromatic carbocycles. The van der Waals surface area contributed by atoms with Crippen LogP contribution < -0.4 is 0 Å². The zero-order chi connectivity index (χ0) is 11.7. The summed E-state index contributed by atoms with van der Waals surface area (Å²) in [6.07, 6.45) is 1.28. The minimum Gasteiger partial charge on any atom is -0.464 e. The van der Waals surface area contributed by atoms with Crippen LogP contribution in [-0.2, 0) is 23.8 Å². The molecule has 0 aromatic rings. The molecule has 88 valence electrons. The number of methoxy groups -OCH3 is 1. The van der Waals surface area contributed by atoms with Gasteiger partial charge in [0.2, 0.25) is 0 Å². The molecule has 0 spiro atoms. The molecule has 0 radical (unpaired) electrons. The predicted molar refractivity (Wildman–Crippen MR) is 53.3 cm³/mol. The van der Waals surface area contributed by atoms with E-state index in [4.69, 9.17) is 14.2 Å². The lowest BCUT2D eigenvalue weighted by molar-refractivity contribution is -0.185. The minimum atomic E-state index is -1.10. The Morgan fingerprint density at radius 2 is 2.13 bits per heavy atom. The molecule has 0 saturated heterocycles. The lowest BCUT2D eigenvalue weighted by Crippen LogP contribution is -2.40. The predicted octanol–water partition coefficient (Wildman–Crippen LogP) is 0.908. The van der Waals surface area contributed by atoms with Crippen molar-refractivity contribution < 1.29 is 23.8 Å². The Labute approximate surface area is 89.7 Å². The van der Waals surface area contributed by atoms with Crippen LogP contribution in [0.15, 0.2) is 0 Å². The normalized spacial score (nSPS) is 14.3. The van der Waals surface area contributed by atoms with Gasteiger partial charge in [-0.2, -0.15) is 0 Å². The third-order valence-corrected chi connectivity index (χ3v) is 1.94. The molecule has 0 N–H and O–H groups in total. The number of aldehydes is 1. The summed E-state index contributed by atoms with van der Waals surface area (Å²) in [6, 6.07) is 0. The van der Waals surface area contributed by atoms with Crippen molar-refractivity contribution in [3.05, 3.63) is 0 Å². The molecular weight excluding hydrogens is 200 g/mol. The highest BCUT2D eigenvalue weighted by atomic mass is 16.7. The summed E-state index contributed by atoms with van der Waals surface area (Å²) in [4.78, 5) is 21.8. The summed E-state index contributed by atoms with van der Waals surface area (Å²) in [6.45, 7) is 3.59. The van der Waals surface area contributed by atoms with Gasteiger partial charge in [-0.1, -0.05) is 0 Å². The molecule has 15 heavy (non-hydrogen) atoms. The zero-order valence-corrected chi connectivity index (χ0v) is 9.45. The molecule has 0 rings (SSSR count). The first-order valence-electron chi connectivity index (χ1n) is 4.84. The van der Waals surface area contributed by atoms with Crippen molar-refractivity contribution in [2.24, 2.45) is 0 Å². The fourth-order valence-corrected chi connectivity index (χ4v) is 1.04. The van der Waals surface area contributed by atoms with E-state index < -0.39 is 11.6 Å². The van der Waals surface area contributed by atoms with Crippen molar-refractivity contribution in [2.45, 2.75) is 32.3 Å². The Balaban J connectivity index is 4.37. The van der Waals surface area contributed by atoms with Gasteiger partial charge in [-0.3, -0.25) is 0 Å². The van der Waals surface area contributed by atoms with Crippen molar-refractivity contribution in [3.8, 4) is 0 Å². The lowest BCUT2D eigenvalue weighted by Gasteiger charge is -2.26. The number of rotatable bonds is 8. The molecule has 0 aliphatic rings. The van der Waals surface area contributed by atoms with Crippen LogP contribution in [0.3, 0.4) is 0 Å². The number of esters is 1. The largest absolute Gasteiger partial charge is 0.464 e. The first-order chi connectivity index (χ1) is 7.10. The van der Waals surface area contributed by atoms with E-state index in [1.807, 2.05) is 0 Å². The number of hydrogen-bond acceptors (Lipinski definition) is 5. The third-order valence-electron chi connectivity index (χ3n) is 1.94. The van der Waals surface area contributed by atoms with Crippen molar-refractivity contribution in [1.29, 1.82) is 0 Å². The van der Waals surface area contributed by atoms with Crippen molar-refractivity contribution in [3.63, 3.8) is 0 Å². The highest BCUT2D eigenvalue weighted by molar-refractivity contribution is 5.79. The Morgan fingerprint density at radius 1 is 1.47 bits per heavy atom. The van der Waals surface area contributed by atoms with Gasteiger partial charge in [0.05, 0.1) is 6.61 Å². The maximum Gasteiger partial charge on any atom is 0.338 e. The van der Waals surface area contributed by atoms with E-state index in [-0.39, 0.29) is 19.8 Å². The van der Waals surface area contributed by atoms with Crippen molar-refractivity contribution >= 4 is 12.3 Å². The molecule has 0 aliphatic carbocycles. The standard InChI is InChI=1S/C10H18O5/c1-4-14-9(12)10(2,6-5-7-11)15-8-13-3/h7H,4-6,8H2,1-3H3. The molecule has 0 saturated carbocycles. The van der Waals surface area contributed by atoms with Gasteiger partial charge in [-0.15, -0.1) is 0 Å². The maximum atomic E-state index is 11.6. The smallest absolute Gasteiger partial charge is 0.338 e. The summed E-state index contributed by atoms with van der Waals surface area (Å²) >= 11 is 0. The van der Waals surface area contributed by atoms with E-state index in [0.717, 1.165) is 6.29 Å². The fraction of sp³-hybridized carbons (Fsp3) is 0.800. The average Bonchev–Trinajstić information content (AvgIpc) is 2.24. The SMILES string of the molecule is CCOC(=O)C(C)(CCC=O)OCOC. The van der Waals surface area contributed by atoms with Crippen molar-refractivity contribution in [2.75, 3.05) is 20.5 Å². The molecule has 0 fully saturated rings. The van der Waals surface area contributed by atoms with Gasteiger partial charge in [-0.05, 0) is 20.3 Å². The highest BCUT2D eigenvalue weighted by Crippen LogP contribution is 2.19. The molecule has 0 amide bonds. The number of hydrogen-bond donors (Lipinski definition) is 0. The summed E-state index contributed by atoms with van der Waals surface area (Å²) in [5.74, 6) is -0.469. The van der Waals surface area contributed by atoms with E-state index in [0.29, 0.717) is 6.42 Å². The Morgan fingerprint density at radius 3 is 2.60 bits per heavy atom. The number of carbonyl (C=O) groups is 2. The monoisotopic (exact) mass is 218 g/mol. The highest BCUT2D eigenvalue weighted by Gasteiger charge is 2.35. The molecule has 0 aliphatic heterocycles. The topological polar surface area (TPSA) is 61.8 Å².